The zero-order valence-electron chi connectivity index (χ0n) is 6.66. The van der Waals surface area contributed by atoms with Crippen LogP contribution in [0, 0.1) is 0 Å². The lowest BCUT2D eigenvalue weighted by atomic mass is 9.97. The molecule has 1 fully saturated rings. The van der Waals surface area contributed by atoms with Crippen LogP contribution in [-0.2, 0) is 0 Å². The van der Waals surface area contributed by atoms with Crippen molar-refractivity contribution >= 4 is 0 Å². The molecule has 0 saturated heterocycles. The molecule has 0 bridgehead atoms. The summed E-state index contributed by atoms with van der Waals surface area (Å²) in [4.78, 5) is 0. The van der Waals surface area contributed by atoms with E-state index in [1.807, 2.05) is 0 Å². The molecule has 0 aromatic heterocycles. The van der Waals surface area contributed by atoms with Crippen molar-refractivity contribution in [3.8, 4) is 0 Å². The van der Waals surface area contributed by atoms with Gasteiger partial charge in [0.05, 0.1) is 0 Å². The van der Waals surface area contributed by atoms with Gasteiger partial charge in [-0.3, -0.25) is 0 Å². The third kappa shape index (κ3) is 2.41. The van der Waals surface area contributed by atoms with Gasteiger partial charge in [-0.1, -0.05) is 25.8 Å². The zero-order chi connectivity index (χ0) is 7.23. The minimum atomic E-state index is 1.25. The third-order valence-corrected chi connectivity index (χ3v) is 2.21. The van der Waals surface area contributed by atoms with Crippen LogP contribution in [0.4, 0.5) is 0 Å². The molecule has 0 aromatic carbocycles. The maximum Gasteiger partial charge on any atom is -0.0244 e. The molecular weight excluding hydrogens is 120 g/mol. The van der Waals surface area contributed by atoms with E-state index in [0.29, 0.717) is 0 Å². The first kappa shape index (κ1) is 7.63. The van der Waals surface area contributed by atoms with E-state index < -0.39 is 0 Å². The maximum atomic E-state index is 3.69. The van der Waals surface area contributed by atoms with Crippen molar-refractivity contribution in [2.45, 2.75) is 44.9 Å². The normalized spacial score (nSPS) is 21.0. The third-order valence-electron chi connectivity index (χ3n) is 2.21. The van der Waals surface area contributed by atoms with Crippen molar-refractivity contribution < 1.29 is 0 Å². The molecule has 1 aliphatic carbocycles. The highest BCUT2D eigenvalue weighted by atomic mass is 14.1. The fraction of sp³-hybridized carbons (Fsp3) is 0.700. The van der Waals surface area contributed by atoms with E-state index in [0.717, 1.165) is 0 Å². The van der Waals surface area contributed by atoms with Crippen LogP contribution in [-0.4, -0.2) is 0 Å². The second kappa shape index (κ2) is 4.35. The highest BCUT2D eigenvalue weighted by molar-refractivity contribution is 4.99. The molecule has 0 atom stereocenters. The quantitative estimate of drug-likeness (QED) is 0.447. The Morgan fingerprint density at radius 2 is 1.40 bits per heavy atom. The highest BCUT2D eigenvalue weighted by Gasteiger charge is 2.01. The van der Waals surface area contributed by atoms with E-state index >= 15 is 0 Å². The average Bonchev–Trinajstić information content (AvgIpc) is 1.87. The fourth-order valence-corrected chi connectivity index (χ4v) is 1.51. The molecular formula is C10H16. The lowest BCUT2D eigenvalue weighted by Gasteiger charge is -2.08. The van der Waals surface area contributed by atoms with Crippen LogP contribution in [0.2, 0.25) is 0 Å². The van der Waals surface area contributed by atoms with E-state index in [1.165, 1.54) is 50.5 Å². The smallest absolute Gasteiger partial charge is 0.0244 e. The molecule has 0 unspecified atom stereocenters. The van der Waals surface area contributed by atoms with Crippen molar-refractivity contribution in [3.05, 3.63) is 17.9 Å². The summed E-state index contributed by atoms with van der Waals surface area (Å²) in [6.45, 7) is 3.69. The Bertz CT molecular complexity index is 128. The molecule has 0 aliphatic heterocycles. The number of rotatable bonds is 0. The first-order valence-electron chi connectivity index (χ1n) is 4.31. The van der Waals surface area contributed by atoms with Gasteiger partial charge in [-0.05, 0) is 31.3 Å². The first-order valence-corrected chi connectivity index (χ1v) is 4.31. The van der Waals surface area contributed by atoms with Crippen LogP contribution in [0.15, 0.2) is 17.9 Å². The van der Waals surface area contributed by atoms with Gasteiger partial charge in [-0.2, -0.15) is 0 Å². The van der Waals surface area contributed by atoms with Gasteiger partial charge in [0.1, 0.15) is 0 Å². The van der Waals surface area contributed by atoms with Gasteiger partial charge in [0.15, 0.2) is 0 Å². The molecule has 1 saturated carbocycles. The van der Waals surface area contributed by atoms with Crippen molar-refractivity contribution in [2.24, 2.45) is 0 Å². The zero-order valence-corrected chi connectivity index (χ0v) is 6.66. The molecule has 10 heavy (non-hydrogen) atoms. The van der Waals surface area contributed by atoms with Crippen molar-refractivity contribution in [1.29, 1.82) is 0 Å². The van der Waals surface area contributed by atoms with Crippen LogP contribution in [0.3, 0.4) is 0 Å². The van der Waals surface area contributed by atoms with Crippen molar-refractivity contribution in [1.82, 2.24) is 0 Å². The highest BCUT2D eigenvalue weighted by Crippen LogP contribution is 2.19. The number of allylic oxidation sites excluding steroid dienone is 1. The summed E-state index contributed by atoms with van der Waals surface area (Å²) in [6, 6.07) is 0. The summed E-state index contributed by atoms with van der Waals surface area (Å²) in [5.41, 5.74) is 4.50. The summed E-state index contributed by atoms with van der Waals surface area (Å²) in [7, 11) is 0. The molecule has 0 nitrogen and oxygen atoms in total. The SMILES string of the molecule is C=C=C1CCCCCCC1. The van der Waals surface area contributed by atoms with E-state index in [9.17, 15) is 0 Å². The predicted octanol–water partition coefficient (Wildman–Crippen LogP) is 3.44. The Hall–Kier alpha value is -0.480. The van der Waals surface area contributed by atoms with Gasteiger partial charge in [-0.25, -0.2) is 0 Å². The van der Waals surface area contributed by atoms with Crippen LogP contribution in [0.1, 0.15) is 44.9 Å². The summed E-state index contributed by atoms with van der Waals surface area (Å²) in [5.74, 6) is 0. The van der Waals surface area contributed by atoms with E-state index in [-0.39, 0.29) is 0 Å². The summed E-state index contributed by atoms with van der Waals surface area (Å²) >= 11 is 0. The van der Waals surface area contributed by atoms with Gasteiger partial charge in [0.25, 0.3) is 0 Å². The van der Waals surface area contributed by atoms with Crippen LogP contribution < -0.4 is 0 Å². The molecule has 0 heterocycles. The minimum Gasteiger partial charge on any atom is -0.130 e. The van der Waals surface area contributed by atoms with Gasteiger partial charge >= 0.3 is 0 Å². The largest absolute Gasteiger partial charge is 0.130 e. The molecule has 0 amide bonds. The molecule has 56 valence electrons. The molecule has 0 aromatic rings. The number of hydrogen-bond donors (Lipinski definition) is 0. The minimum absolute atomic E-state index is 1.25. The molecule has 1 rings (SSSR count). The van der Waals surface area contributed by atoms with Crippen molar-refractivity contribution in [3.63, 3.8) is 0 Å². The van der Waals surface area contributed by atoms with Crippen molar-refractivity contribution in [2.75, 3.05) is 0 Å². The Kier molecular flexibility index (Phi) is 3.32. The fourth-order valence-electron chi connectivity index (χ4n) is 1.51. The lowest BCUT2D eigenvalue weighted by Crippen LogP contribution is -1.89. The van der Waals surface area contributed by atoms with Crippen LogP contribution in [0.25, 0.3) is 0 Å². The molecule has 1 aliphatic rings. The molecule has 0 N–H and O–H groups in total. The summed E-state index contributed by atoms with van der Waals surface area (Å²) in [6.07, 6.45) is 9.48. The second-order valence-corrected chi connectivity index (χ2v) is 3.05. The van der Waals surface area contributed by atoms with Crippen LogP contribution >= 0.6 is 0 Å². The lowest BCUT2D eigenvalue weighted by molar-refractivity contribution is 0.569. The molecule has 0 radical (unpaired) electrons. The average molecular weight is 136 g/mol. The second-order valence-electron chi connectivity index (χ2n) is 3.05. The molecule has 0 heteroatoms. The van der Waals surface area contributed by atoms with E-state index in [2.05, 4.69) is 12.3 Å². The van der Waals surface area contributed by atoms with Gasteiger partial charge in [0.2, 0.25) is 0 Å². The predicted molar refractivity (Wildman–Crippen MR) is 45.0 cm³/mol. The van der Waals surface area contributed by atoms with Gasteiger partial charge < -0.3 is 0 Å². The maximum absolute atomic E-state index is 3.69. The van der Waals surface area contributed by atoms with Crippen LogP contribution in [0.5, 0.6) is 0 Å². The van der Waals surface area contributed by atoms with Gasteiger partial charge in [0, 0.05) is 0 Å². The van der Waals surface area contributed by atoms with E-state index in [4.69, 9.17) is 0 Å². The monoisotopic (exact) mass is 136 g/mol. The Labute approximate surface area is 63.6 Å². The molecule has 0 spiro atoms. The first-order chi connectivity index (χ1) is 4.93. The summed E-state index contributed by atoms with van der Waals surface area (Å²) in [5, 5.41) is 0. The Morgan fingerprint density at radius 1 is 0.900 bits per heavy atom. The topological polar surface area (TPSA) is 0 Å². The number of hydrogen-bond acceptors (Lipinski definition) is 0. The summed E-state index contributed by atoms with van der Waals surface area (Å²) < 4.78 is 0. The van der Waals surface area contributed by atoms with Gasteiger partial charge in [-0.15, -0.1) is 5.73 Å². The van der Waals surface area contributed by atoms with E-state index in [1.54, 1.807) is 0 Å². The standard InChI is InChI=1S/C10H16/c1-2-10-8-6-4-3-5-7-9-10/h1,3-9H2. The Balaban J connectivity index is 2.37. The Morgan fingerprint density at radius 3 is 1.90 bits per heavy atom.